The lowest BCUT2D eigenvalue weighted by molar-refractivity contribution is -0.139. The van der Waals surface area contributed by atoms with Gasteiger partial charge in [-0.2, -0.15) is 0 Å². The number of carbonyl (C=O) groups is 2. The van der Waals surface area contributed by atoms with Crippen LogP contribution >= 0.6 is 22.9 Å². The highest BCUT2D eigenvalue weighted by Crippen LogP contribution is 2.22. The van der Waals surface area contributed by atoms with Crippen molar-refractivity contribution >= 4 is 34.9 Å². The van der Waals surface area contributed by atoms with Crippen molar-refractivity contribution in [2.45, 2.75) is 32.4 Å². The number of halogens is 1. The van der Waals surface area contributed by atoms with Gasteiger partial charge in [-0.25, -0.2) is 9.59 Å². The van der Waals surface area contributed by atoms with Gasteiger partial charge in [0.25, 0.3) is 0 Å². The lowest BCUT2D eigenvalue weighted by Gasteiger charge is -2.20. The second-order valence-electron chi connectivity index (χ2n) is 4.19. The van der Waals surface area contributed by atoms with Gasteiger partial charge in [0.2, 0.25) is 0 Å². The van der Waals surface area contributed by atoms with E-state index in [-0.39, 0.29) is 0 Å². The number of carboxylic acids is 1. The van der Waals surface area contributed by atoms with Crippen molar-refractivity contribution in [1.82, 2.24) is 10.2 Å². The third-order valence-electron chi connectivity index (χ3n) is 2.54. The van der Waals surface area contributed by atoms with Gasteiger partial charge >= 0.3 is 12.0 Å². The number of carboxylic acid groups (broad SMARTS) is 1. The molecule has 1 rings (SSSR count). The van der Waals surface area contributed by atoms with Crippen molar-refractivity contribution in [3.63, 3.8) is 0 Å². The van der Waals surface area contributed by atoms with E-state index in [4.69, 9.17) is 16.7 Å². The number of thiophene rings is 1. The van der Waals surface area contributed by atoms with Crippen LogP contribution in [-0.2, 0) is 11.3 Å². The zero-order valence-corrected chi connectivity index (χ0v) is 12.4. The molecule has 0 saturated heterocycles. The van der Waals surface area contributed by atoms with E-state index in [1.807, 2.05) is 13.0 Å². The third kappa shape index (κ3) is 5.08. The molecule has 0 fully saturated rings. The quantitative estimate of drug-likeness (QED) is 0.849. The van der Waals surface area contributed by atoms with Gasteiger partial charge in [0.1, 0.15) is 6.04 Å². The fraction of sp³-hybridized carbons (Fsp3) is 0.500. The first-order chi connectivity index (χ1) is 8.93. The molecule has 1 aromatic rings. The molecule has 7 heteroatoms. The number of hydrogen-bond acceptors (Lipinski definition) is 3. The Balaban J connectivity index is 2.54. The Kier molecular flexibility index (Phi) is 6.11. The summed E-state index contributed by atoms with van der Waals surface area (Å²) < 4.78 is 0.665. The maximum Gasteiger partial charge on any atom is 0.326 e. The molecule has 5 nitrogen and oxygen atoms in total. The Morgan fingerprint density at radius 3 is 2.68 bits per heavy atom. The molecule has 0 radical (unpaired) electrons. The molecule has 0 saturated carbocycles. The number of aliphatic carboxylic acids is 1. The highest BCUT2D eigenvalue weighted by atomic mass is 35.5. The Bertz CT molecular complexity index is 450. The van der Waals surface area contributed by atoms with E-state index in [1.165, 1.54) is 16.2 Å². The lowest BCUT2D eigenvalue weighted by atomic mass is 10.2. The fourth-order valence-electron chi connectivity index (χ4n) is 1.55. The number of nitrogens with one attached hydrogen (secondary N) is 1. The zero-order chi connectivity index (χ0) is 14.4. The van der Waals surface area contributed by atoms with E-state index in [2.05, 4.69) is 5.32 Å². The second-order valence-corrected chi connectivity index (χ2v) is 5.99. The van der Waals surface area contributed by atoms with Crippen LogP contribution in [0.3, 0.4) is 0 Å². The van der Waals surface area contributed by atoms with Crippen molar-refractivity contribution in [2.24, 2.45) is 0 Å². The molecule has 19 heavy (non-hydrogen) atoms. The maximum absolute atomic E-state index is 11.9. The predicted octanol–water partition coefficient (Wildman–Crippen LogP) is 2.80. The molecule has 0 aliphatic rings. The summed E-state index contributed by atoms with van der Waals surface area (Å²) in [6.45, 7) is 2.28. The molecule has 1 heterocycles. The normalized spacial score (nSPS) is 11.9. The molecule has 1 aromatic heterocycles. The summed E-state index contributed by atoms with van der Waals surface area (Å²) in [5, 5.41) is 11.5. The zero-order valence-electron chi connectivity index (χ0n) is 10.9. The molecule has 106 valence electrons. The Morgan fingerprint density at radius 2 is 2.21 bits per heavy atom. The molecular weight excluding hydrogens is 288 g/mol. The van der Waals surface area contributed by atoms with Crippen molar-refractivity contribution in [1.29, 1.82) is 0 Å². The van der Waals surface area contributed by atoms with E-state index in [0.29, 0.717) is 23.7 Å². The molecule has 0 aliphatic heterocycles. The Labute approximate surface area is 121 Å². The minimum Gasteiger partial charge on any atom is -0.480 e. The average molecular weight is 305 g/mol. The topological polar surface area (TPSA) is 69.6 Å². The van der Waals surface area contributed by atoms with Crippen LogP contribution in [0.5, 0.6) is 0 Å². The van der Waals surface area contributed by atoms with Crippen molar-refractivity contribution in [3.8, 4) is 0 Å². The van der Waals surface area contributed by atoms with Gasteiger partial charge in [0, 0.05) is 11.9 Å². The van der Waals surface area contributed by atoms with Gasteiger partial charge in [-0.15, -0.1) is 11.3 Å². The lowest BCUT2D eigenvalue weighted by Crippen LogP contribution is -2.46. The van der Waals surface area contributed by atoms with Crippen molar-refractivity contribution < 1.29 is 14.7 Å². The summed E-state index contributed by atoms with van der Waals surface area (Å²) in [6, 6.07) is 2.37. The summed E-state index contributed by atoms with van der Waals surface area (Å²) in [5.41, 5.74) is 0. The summed E-state index contributed by atoms with van der Waals surface area (Å²) >= 11 is 7.21. The Hall–Kier alpha value is -1.27. The van der Waals surface area contributed by atoms with Gasteiger partial charge in [0.05, 0.1) is 10.9 Å². The molecule has 1 unspecified atom stereocenters. The maximum atomic E-state index is 11.9. The van der Waals surface area contributed by atoms with Gasteiger partial charge in [-0.05, 0) is 18.6 Å². The number of nitrogens with zero attached hydrogens (tertiary/aromatic N) is 1. The molecule has 1 atom stereocenters. The number of urea groups is 1. The van der Waals surface area contributed by atoms with Gasteiger partial charge < -0.3 is 15.3 Å². The van der Waals surface area contributed by atoms with E-state index < -0.39 is 18.0 Å². The van der Waals surface area contributed by atoms with E-state index in [1.54, 1.807) is 13.1 Å². The van der Waals surface area contributed by atoms with Crippen LogP contribution < -0.4 is 5.32 Å². The summed E-state index contributed by atoms with van der Waals surface area (Å²) in [5.74, 6) is -1.01. The largest absolute Gasteiger partial charge is 0.480 e. The summed E-state index contributed by atoms with van der Waals surface area (Å²) in [7, 11) is 1.62. The summed E-state index contributed by atoms with van der Waals surface area (Å²) in [6.07, 6.45) is 1.11. The molecular formula is C12H17ClN2O3S. The smallest absolute Gasteiger partial charge is 0.326 e. The minimum absolute atomic E-state index is 0.398. The molecule has 2 amide bonds. The average Bonchev–Trinajstić information content (AvgIpc) is 2.73. The van der Waals surface area contributed by atoms with Crippen LogP contribution in [0.4, 0.5) is 4.79 Å². The minimum atomic E-state index is -1.01. The standard InChI is InChI=1S/C12H17ClN2O3S/c1-3-4-9(11(16)17)14-12(18)15(2)7-8-5-6-10(13)19-8/h5-6,9H,3-4,7H2,1-2H3,(H,14,18)(H,16,17). The highest BCUT2D eigenvalue weighted by Gasteiger charge is 2.20. The molecule has 0 aromatic carbocycles. The molecule has 0 aliphatic carbocycles. The molecule has 2 N–H and O–H groups in total. The van der Waals surface area contributed by atoms with Crippen molar-refractivity contribution in [2.75, 3.05) is 7.05 Å². The highest BCUT2D eigenvalue weighted by molar-refractivity contribution is 7.16. The van der Waals surface area contributed by atoms with Gasteiger partial charge in [-0.3, -0.25) is 0 Å². The van der Waals surface area contributed by atoms with Crippen LogP contribution in [0.2, 0.25) is 4.34 Å². The van der Waals surface area contributed by atoms with Crippen LogP contribution in [-0.4, -0.2) is 35.1 Å². The van der Waals surface area contributed by atoms with E-state index in [0.717, 1.165) is 4.88 Å². The van der Waals surface area contributed by atoms with E-state index >= 15 is 0 Å². The number of rotatable bonds is 6. The first-order valence-corrected chi connectivity index (χ1v) is 7.12. The number of carbonyl (C=O) groups excluding carboxylic acids is 1. The predicted molar refractivity (Wildman–Crippen MR) is 75.7 cm³/mol. The Morgan fingerprint density at radius 1 is 1.53 bits per heavy atom. The van der Waals surface area contributed by atoms with Crippen LogP contribution in [0.15, 0.2) is 12.1 Å². The van der Waals surface area contributed by atoms with Crippen LogP contribution in [0, 0.1) is 0 Å². The first kappa shape index (κ1) is 15.8. The first-order valence-electron chi connectivity index (χ1n) is 5.92. The summed E-state index contributed by atoms with van der Waals surface area (Å²) in [4.78, 5) is 25.2. The van der Waals surface area contributed by atoms with Gasteiger partial charge in [-0.1, -0.05) is 24.9 Å². The fourth-order valence-corrected chi connectivity index (χ4v) is 2.69. The SMILES string of the molecule is CCCC(NC(=O)N(C)Cc1ccc(Cl)s1)C(=O)O. The molecule has 0 bridgehead atoms. The number of hydrogen-bond donors (Lipinski definition) is 2. The molecule has 0 spiro atoms. The number of amides is 2. The van der Waals surface area contributed by atoms with Crippen LogP contribution in [0.1, 0.15) is 24.6 Å². The van der Waals surface area contributed by atoms with E-state index in [9.17, 15) is 9.59 Å². The van der Waals surface area contributed by atoms with Crippen molar-refractivity contribution in [3.05, 3.63) is 21.3 Å². The second kappa shape index (κ2) is 7.35. The van der Waals surface area contributed by atoms with Crippen LogP contribution in [0.25, 0.3) is 0 Å². The van der Waals surface area contributed by atoms with Gasteiger partial charge in [0.15, 0.2) is 0 Å². The monoisotopic (exact) mass is 304 g/mol. The third-order valence-corrected chi connectivity index (χ3v) is 3.76.